The SMILES string of the molecule is NC(=O)OC1N=NN=N1. The van der Waals surface area contributed by atoms with E-state index in [0.717, 1.165) is 0 Å². The maximum atomic E-state index is 9.95. The summed E-state index contributed by atoms with van der Waals surface area (Å²) in [5, 5.41) is 12.6. The zero-order chi connectivity index (χ0) is 6.69. The van der Waals surface area contributed by atoms with Crippen LogP contribution in [0.25, 0.3) is 0 Å². The van der Waals surface area contributed by atoms with Crippen LogP contribution in [0.5, 0.6) is 0 Å². The normalized spacial score (nSPS) is 16.4. The molecule has 0 aromatic carbocycles. The van der Waals surface area contributed by atoms with Crippen molar-refractivity contribution in [3.05, 3.63) is 0 Å². The first kappa shape index (κ1) is 5.60. The summed E-state index contributed by atoms with van der Waals surface area (Å²) in [7, 11) is 0. The number of amides is 1. The maximum Gasteiger partial charge on any atom is 0.408 e. The van der Waals surface area contributed by atoms with E-state index in [1.165, 1.54) is 0 Å². The van der Waals surface area contributed by atoms with Crippen molar-refractivity contribution in [1.82, 2.24) is 0 Å². The molecule has 0 fully saturated rings. The highest BCUT2D eigenvalue weighted by molar-refractivity contribution is 5.64. The summed E-state index contributed by atoms with van der Waals surface area (Å²) in [4.78, 5) is 9.95. The van der Waals surface area contributed by atoms with Crippen LogP contribution >= 0.6 is 0 Å². The van der Waals surface area contributed by atoms with Gasteiger partial charge in [-0.1, -0.05) is 10.2 Å². The van der Waals surface area contributed by atoms with E-state index >= 15 is 0 Å². The zero-order valence-electron chi connectivity index (χ0n) is 4.26. The molecular formula is C2H3N5O2. The Bertz CT molecular complexity index is 162. The third-order valence-corrected chi connectivity index (χ3v) is 0.562. The summed E-state index contributed by atoms with van der Waals surface area (Å²) in [6, 6.07) is 0. The molecule has 0 bridgehead atoms. The van der Waals surface area contributed by atoms with Crippen molar-refractivity contribution in [3.63, 3.8) is 0 Å². The molecule has 0 unspecified atom stereocenters. The number of hydrogen-bond acceptors (Lipinski definition) is 6. The summed E-state index contributed by atoms with van der Waals surface area (Å²) in [5.41, 5.74) is 4.61. The molecule has 2 N–H and O–H groups in total. The number of carbonyl (C=O) groups is 1. The van der Waals surface area contributed by atoms with E-state index in [1.807, 2.05) is 0 Å². The van der Waals surface area contributed by atoms with E-state index in [0.29, 0.717) is 0 Å². The van der Waals surface area contributed by atoms with Crippen molar-refractivity contribution in [2.45, 2.75) is 6.35 Å². The lowest BCUT2D eigenvalue weighted by atomic mass is 11.0. The lowest BCUT2D eigenvalue weighted by molar-refractivity contribution is 0.114. The summed E-state index contributed by atoms with van der Waals surface area (Å²) in [6.45, 7) is 0. The summed E-state index contributed by atoms with van der Waals surface area (Å²) < 4.78 is 4.23. The first-order valence-electron chi connectivity index (χ1n) is 2.05. The minimum Gasteiger partial charge on any atom is -0.399 e. The average Bonchev–Trinajstić information content (AvgIpc) is 2.15. The van der Waals surface area contributed by atoms with Crippen LogP contribution in [-0.2, 0) is 4.74 Å². The topological polar surface area (TPSA) is 102 Å². The van der Waals surface area contributed by atoms with Gasteiger partial charge in [0.2, 0.25) is 0 Å². The van der Waals surface area contributed by atoms with E-state index < -0.39 is 12.4 Å². The lowest BCUT2D eigenvalue weighted by Gasteiger charge is -1.97. The molecule has 1 heterocycles. The van der Waals surface area contributed by atoms with Gasteiger partial charge in [-0.15, -0.1) is 0 Å². The molecule has 9 heavy (non-hydrogen) atoms. The molecule has 7 nitrogen and oxygen atoms in total. The molecule has 0 aliphatic carbocycles. The van der Waals surface area contributed by atoms with Crippen LogP contribution in [0, 0.1) is 0 Å². The van der Waals surface area contributed by atoms with Crippen LogP contribution < -0.4 is 5.73 Å². The Hall–Kier alpha value is -1.53. The monoisotopic (exact) mass is 129 g/mol. The Morgan fingerprint density at radius 1 is 1.44 bits per heavy atom. The lowest BCUT2D eigenvalue weighted by Crippen LogP contribution is -2.18. The van der Waals surface area contributed by atoms with Gasteiger partial charge in [0, 0.05) is 0 Å². The molecule has 1 rings (SSSR count). The van der Waals surface area contributed by atoms with Crippen LogP contribution in [0.15, 0.2) is 20.7 Å². The largest absolute Gasteiger partial charge is 0.408 e. The van der Waals surface area contributed by atoms with Crippen LogP contribution in [0.3, 0.4) is 0 Å². The van der Waals surface area contributed by atoms with Crippen molar-refractivity contribution in [1.29, 1.82) is 0 Å². The minimum absolute atomic E-state index is 0.945. The second-order valence-electron chi connectivity index (χ2n) is 1.17. The van der Waals surface area contributed by atoms with Gasteiger partial charge < -0.3 is 10.5 Å². The van der Waals surface area contributed by atoms with Gasteiger partial charge in [0.25, 0.3) is 0 Å². The number of ether oxygens (including phenoxy) is 1. The van der Waals surface area contributed by atoms with Crippen LogP contribution in [0.2, 0.25) is 0 Å². The van der Waals surface area contributed by atoms with Crippen molar-refractivity contribution >= 4 is 6.09 Å². The fraction of sp³-hybridized carbons (Fsp3) is 0.500. The highest BCUT2D eigenvalue weighted by Crippen LogP contribution is 2.04. The second kappa shape index (κ2) is 2.16. The van der Waals surface area contributed by atoms with Gasteiger partial charge in [-0.2, -0.15) is 0 Å². The molecule has 0 radical (unpaired) electrons. The van der Waals surface area contributed by atoms with Gasteiger partial charge in [0.05, 0.1) is 0 Å². The van der Waals surface area contributed by atoms with Gasteiger partial charge in [-0.05, 0) is 10.4 Å². The van der Waals surface area contributed by atoms with E-state index in [9.17, 15) is 4.79 Å². The minimum atomic E-state index is -0.970. The number of hydrogen-bond donors (Lipinski definition) is 1. The van der Waals surface area contributed by atoms with Crippen LogP contribution in [-0.4, -0.2) is 12.4 Å². The molecule has 0 aromatic rings. The molecule has 48 valence electrons. The first-order valence-corrected chi connectivity index (χ1v) is 2.05. The molecule has 1 amide bonds. The summed E-state index contributed by atoms with van der Waals surface area (Å²) in [5.74, 6) is 0. The van der Waals surface area contributed by atoms with Gasteiger partial charge in [-0.3, -0.25) is 0 Å². The van der Waals surface area contributed by atoms with Crippen molar-refractivity contribution in [3.8, 4) is 0 Å². The number of nitrogens with zero attached hydrogens (tertiary/aromatic N) is 4. The van der Waals surface area contributed by atoms with E-state index in [1.54, 1.807) is 0 Å². The van der Waals surface area contributed by atoms with E-state index in [2.05, 4.69) is 31.1 Å². The Morgan fingerprint density at radius 3 is 2.44 bits per heavy atom. The second-order valence-corrected chi connectivity index (χ2v) is 1.17. The molecule has 0 atom stereocenters. The molecule has 1 aliphatic heterocycles. The fourth-order valence-corrected chi connectivity index (χ4v) is 0.309. The highest BCUT2D eigenvalue weighted by atomic mass is 16.6. The highest BCUT2D eigenvalue weighted by Gasteiger charge is 2.11. The fourth-order valence-electron chi connectivity index (χ4n) is 0.309. The van der Waals surface area contributed by atoms with Crippen LogP contribution in [0.4, 0.5) is 4.79 Å². The molecule has 1 aliphatic rings. The molecule has 0 saturated heterocycles. The van der Waals surface area contributed by atoms with E-state index in [4.69, 9.17) is 0 Å². The van der Waals surface area contributed by atoms with Crippen molar-refractivity contribution < 1.29 is 9.53 Å². The molecule has 0 spiro atoms. The first-order chi connectivity index (χ1) is 4.29. The zero-order valence-corrected chi connectivity index (χ0v) is 4.26. The molecule has 7 heteroatoms. The van der Waals surface area contributed by atoms with Crippen LogP contribution in [0.1, 0.15) is 0 Å². The van der Waals surface area contributed by atoms with E-state index in [-0.39, 0.29) is 0 Å². The number of rotatable bonds is 1. The van der Waals surface area contributed by atoms with Gasteiger partial charge >= 0.3 is 12.4 Å². The smallest absolute Gasteiger partial charge is 0.399 e. The Labute approximate surface area is 49.6 Å². The number of carbonyl (C=O) groups excluding carboxylic acids is 1. The summed E-state index contributed by atoms with van der Waals surface area (Å²) in [6.07, 6.45) is -1.91. The third kappa shape index (κ3) is 1.44. The van der Waals surface area contributed by atoms with Crippen molar-refractivity contribution in [2.75, 3.05) is 0 Å². The van der Waals surface area contributed by atoms with Crippen molar-refractivity contribution in [2.24, 2.45) is 26.4 Å². The average molecular weight is 129 g/mol. The molecular weight excluding hydrogens is 126 g/mol. The number of primary amides is 1. The Kier molecular flexibility index (Phi) is 1.34. The van der Waals surface area contributed by atoms with Gasteiger partial charge in [0.15, 0.2) is 0 Å². The predicted molar refractivity (Wildman–Crippen MR) is 24.2 cm³/mol. The number of nitrogens with two attached hydrogens (primary N) is 1. The molecule has 0 aromatic heterocycles. The maximum absolute atomic E-state index is 9.95. The Balaban J connectivity index is 2.37. The standard InChI is InChI=1S/C2H3N5O2/c3-1(8)9-2-4-6-7-5-2/h2H,(H2,3,8). The Morgan fingerprint density at radius 2 is 2.00 bits per heavy atom. The predicted octanol–water partition coefficient (Wildman–Crippen LogP) is 0.198. The van der Waals surface area contributed by atoms with Gasteiger partial charge in [0.1, 0.15) is 0 Å². The summed E-state index contributed by atoms with van der Waals surface area (Å²) >= 11 is 0. The van der Waals surface area contributed by atoms with Gasteiger partial charge in [-0.25, -0.2) is 4.79 Å². The quantitative estimate of drug-likeness (QED) is 0.546. The third-order valence-electron chi connectivity index (χ3n) is 0.562. The molecule has 0 saturated carbocycles.